The number of ether oxygens (including phenoxy) is 3. The lowest BCUT2D eigenvalue weighted by Gasteiger charge is -2.37. The van der Waals surface area contributed by atoms with E-state index < -0.39 is 5.79 Å². The molecule has 2 aromatic rings. The highest BCUT2D eigenvalue weighted by atomic mass is 32.1. The number of thiazole rings is 1. The Bertz CT molecular complexity index is 990. The summed E-state index contributed by atoms with van der Waals surface area (Å²) in [4.78, 5) is 34.1. The molecule has 1 spiro atoms. The SMILES string of the molecule is COCCN(Cc1nc(C(=O)N2CCC3(CC2)OCCO3)cs1)C(=O)Nc1c(C)cccc1C. The van der Waals surface area contributed by atoms with Gasteiger partial charge in [-0.05, 0) is 25.0 Å². The topological polar surface area (TPSA) is 93.2 Å². The Labute approximate surface area is 204 Å². The Morgan fingerprint density at radius 1 is 1.21 bits per heavy atom. The average molecular weight is 489 g/mol. The van der Waals surface area contributed by atoms with Gasteiger partial charge >= 0.3 is 6.03 Å². The van der Waals surface area contributed by atoms with Crippen LogP contribution >= 0.6 is 11.3 Å². The second kappa shape index (κ2) is 10.8. The number of para-hydroxylation sites is 1. The van der Waals surface area contributed by atoms with Crippen LogP contribution < -0.4 is 5.32 Å². The molecule has 0 radical (unpaired) electrons. The van der Waals surface area contributed by atoms with Gasteiger partial charge < -0.3 is 29.3 Å². The number of hydrogen-bond acceptors (Lipinski definition) is 7. The van der Waals surface area contributed by atoms with E-state index in [2.05, 4.69) is 10.3 Å². The molecular formula is C24H32N4O5S. The molecule has 2 saturated heterocycles. The smallest absolute Gasteiger partial charge is 0.322 e. The molecule has 0 bridgehead atoms. The molecule has 184 valence electrons. The highest BCUT2D eigenvalue weighted by Crippen LogP contribution is 2.32. The fraction of sp³-hybridized carbons (Fsp3) is 0.542. The Kier molecular flexibility index (Phi) is 7.82. The van der Waals surface area contributed by atoms with Gasteiger partial charge in [-0.15, -0.1) is 11.3 Å². The first-order valence-corrected chi connectivity index (χ1v) is 12.4. The zero-order valence-corrected chi connectivity index (χ0v) is 20.8. The summed E-state index contributed by atoms with van der Waals surface area (Å²) in [7, 11) is 1.60. The molecule has 2 fully saturated rings. The molecule has 1 aromatic heterocycles. The first-order chi connectivity index (χ1) is 16.4. The van der Waals surface area contributed by atoms with E-state index >= 15 is 0 Å². The van der Waals surface area contributed by atoms with Crippen molar-refractivity contribution in [3.8, 4) is 0 Å². The van der Waals surface area contributed by atoms with Crippen LogP contribution in [0.4, 0.5) is 10.5 Å². The van der Waals surface area contributed by atoms with Gasteiger partial charge in [-0.3, -0.25) is 4.79 Å². The number of carbonyl (C=O) groups excluding carboxylic acids is 2. The first kappa shape index (κ1) is 24.6. The van der Waals surface area contributed by atoms with Crippen LogP contribution in [0.25, 0.3) is 0 Å². The van der Waals surface area contributed by atoms with E-state index in [1.807, 2.05) is 32.0 Å². The van der Waals surface area contributed by atoms with Crippen molar-refractivity contribution in [2.75, 3.05) is 51.9 Å². The Hall–Kier alpha value is -2.53. The third-order valence-corrected chi connectivity index (χ3v) is 7.12. The number of urea groups is 1. The van der Waals surface area contributed by atoms with Gasteiger partial charge in [0.25, 0.3) is 5.91 Å². The molecule has 1 N–H and O–H groups in total. The normalized spacial score (nSPS) is 17.2. The third kappa shape index (κ3) is 5.57. The molecule has 3 heterocycles. The van der Waals surface area contributed by atoms with Crippen LogP contribution in [0.15, 0.2) is 23.6 Å². The first-order valence-electron chi connectivity index (χ1n) is 11.5. The van der Waals surface area contributed by atoms with Crippen LogP contribution in [-0.2, 0) is 20.8 Å². The van der Waals surface area contributed by atoms with Crippen molar-refractivity contribution in [3.63, 3.8) is 0 Å². The monoisotopic (exact) mass is 488 g/mol. The zero-order chi connectivity index (χ0) is 24.1. The summed E-state index contributed by atoms with van der Waals surface area (Å²) >= 11 is 1.38. The second-order valence-corrected chi connectivity index (χ2v) is 9.58. The Morgan fingerprint density at radius 2 is 1.88 bits per heavy atom. The van der Waals surface area contributed by atoms with Crippen LogP contribution in [0.2, 0.25) is 0 Å². The molecular weight excluding hydrogens is 456 g/mol. The van der Waals surface area contributed by atoms with E-state index in [0.29, 0.717) is 69.5 Å². The van der Waals surface area contributed by atoms with E-state index in [1.54, 1.807) is 22.3 Å². The summed E-state index contributed by atoms with van der Waals surface area (Å²) in [6, 6.07) is 5.67. The molecule has 0 atom stereocenters. The highest BCUT2D eigenvalue weighted by Gasteiger charge is 2.41. The molecule has 0 aliphatic carbocycles. The number of methoxy groups -OCH3 is 1. The molecule has 9 nitrogen and oxygen atoms in total. The summed E-state index contributed by atoms with van der Waals surface area (Å²) in [6.45, 7) is 7.40. The Balaban J connectivity index is 1.39. The van der Waals surface area contributed by atoms with Crippen LogP contribution in [0.3, 0.4) is 0 Å². The number of benzene rings is 1. The van der Waals surface area contributed by atoms with E-state index in [9.17, 15) is 9.59 Å². The highest BCUT2D eigenvalue weighted by molar-refractivity contribution is 7.09. The third-order valence-electron chi connectivity index (χ3n) is 6.29. The van der Waals surface area contributed by atoms with Gasteiger partial charge in [-0.25, -0.2) is 9.78 Å². The number of aryl methyl sites for hydroxylation is 2. The second-order valence-electron chi connectivity index (χ2n) is 8.64. The van der Waals surface area contributed by atoms with Gasteiger partial charge in [-0.1, -0.05) is 18.2 Å². The molecule has 4 rings (SSSR count). The van der Waals surface area contributed by atoms with Crippen molar-refractivity contribution >= 4 is 29.0 Å². The number of nitrogens with zero attached hydrogens (tertiary/aromatic N) is 3. The fourth-order valence-corrected chi connectivity index (χ4v) is 5.08. The fourth-order valence-electron chi connectivity index (χ4n) is 4.29. The minimum Gasteiger partial charge on any atom is -0.383 e. The maximum absolute atomic E-state index is 13.1. The standard InChI is InChI=1S/C24H32N4O5S/c1-17-5-4-6-18(2)21(17)26-23(30)28(11-12-31-3)15-20-25-19(16-34-20)22(29)27-9-7-24(8-10-27)32-13-14-33-24/h4-6,16H,7-15H2,1-3H3,(H,26,30). The van der Waals surface area contributed by atoms with Crippen LogP contribution in [0, 0.1) is 13.8 Å². The van der Waals surface area contributed by atoms with Gasteiger partial charge in [0.1, 0.15) is 10.7 Å². The quantitative estimate of drug-likeness (QED) is 0.642. The van der Waals surface area contributed by atoms with Gasteiger partial charge in [0.15, 0.2) is 5.79 Å². The lowest BCUT2D eigenvalue weighted by atomic mass is 10.0. The Morgan fingerprint density at radius 3 is 2.53 bits per heavy atom. The van der Waals surface area contributed by atoms with Crippen LogP contribution in [0.1, 0.15) is 39.5 Å². The molecule has 10 heteroatoms. The molecule has 2 aliphatic heterocycles. The van der Waals surface area contributed by atoms with Crippen molar-refractivity contribution in [2.24, 2.45) is 0 Å². The number of likely N-dealkylation sites (tertiary alicyclic amines) is 1. The number of anilines is 1. The summed E-state index contributed by atoms with van der Waals surface area (Å²) in [5.74, 6) is -0.618. The number of rotatable bonds is 7. The van der Waals surface area contributed by atoms with Crippen molar-refractivity contribution in [3.05, 3.63) is 45.4 Å². The van der Waals surface area contributed by atoms with E-state index in [4.69, 9.17) is 14.2 Å². The van der Waals surface area contributed by atoms with Gasteiger partial charge in [-0.2, -0.15) is 0 Å². The largest absolute Gasteiger partial charge is 0.383 e. The zero-order valence-electron chi connectivity index (χ0n) is 20.0. The minimum absolute atomic E-state index is 0.0984. The van der Waals surface area contributed by atoms with Gasteiger partial charge in [0.05, 0.1) is 26.4 Å². The molecule has 2 aliphatic rings. The summed E-state index contributed by atoms with van der Waals surface area (Å²) in [6.07, 6.45) is 1.33. The lowest BCUT2D eigenvalue weighted by molar-refractivity contribution is -0.181. The van der Waals surface area contributed by atoms with E-state index in [1.165, 1.54) is 11.3 Å². The van der Waals surface area contributed by atoms with Crippen LogP contribution in [-0.4, -0.2) is 79.1 Å². The molecule has 34 heavy (non-hydrogen) atoms. The number of hydrogen-bond donors (Lipinski definition) is 1. The predicted octanol–water partition coefficient (Wildman–Crippen LogP) is 3.42. The summed E-state index contributed by atoms with van der Waals surface area (Å²) in [5.41, 5.74) is 3.21. The summed E-state index contributed by atoms with van der Waals surface area (Å²) in [5, 5.41) is 5.49. The number of aromatic nitrogens is 1. The molecule has 3 amide bonds. The number of nitrogens with one attached hydrogen (secondary N) is 1. The van der Waals surface area contributed by atoms with Crippen molar-refractivity contribution in [1.82, 2.24) is 14.8 Å². The van der Waals surface area contributed by atoms with Crippen molar-refractivity contribution in [1.29, 1.82) is 0 Å². The van der Waals surface area contributed by atoms with Crippen LogP contribution in [0.5, 0.6) is 0 Å². The van der Waals surface area contributed by atoms with E-state index in [0.717, 1.165) is 16.8 Å². The molecule has 0 unspecified atom stereocenters. The van der Waals surface area contributed by atoms with Crippen molar-refractivity contribution in [2.45, 2.75) is 39.0 Å². The lowest BCUT2D eigenvalue weighted by Crippen LogP contribution is -2.47. The van der Waals surface area contributed by atoms with Gasteiger partial charge in [0.2, 0.25) is 0 Å². The summed E-state index contributed by atoms with van der Waals surface area (Å²) < 4.78 is 16.7. The average Bonchev–Trinajstić information content (AvgIpc) is 3.49. The maximum atomic E-state index is 13.1. The minimum atomic E-state index is -0.519. The predicted molar refractivity (Wildman–Crippen MR) is 129 cm³/mol. The maximum Gasteiger partial charge on any atom is 0.322 e. The molecule has 0 saturated carbocycles. The van der Waals surface area contributed by atoms with E-state index in [-0.39, 0.29) is 11.9 Å². The van der Waals surface area contributed by atoms with Gasteiger partial charge in [0, 0.05) is 50.7 Å². The van der Waals surface area contributed by atoms with Crippen molar-refractivity contribution < 1.29 is 23.8 Å². The number of carbonyl (C=O) groups is 2. The number of piperidine rings is 1. The molecule has 1 aromatic carbocycles. The number of amides is 3.